The van der Waals surface area contributed by atoms with E-state index in [4.69, 9.17) is 0 Å². The Bertz CT molecular complexity index is 1260. The second kappa shape index (κ2) is 12.6. The molecule has 5 rings (SSSR count). The maximum Gasteiger partial charge on any atom is 0.294 e. The monoisotopic (exact) mass is 689 g/mol. The van der Waals surface area contributed by atoms with Gasteiger partial charge in [0, 0.05) is 15.0 Å². The molecule has 3 aliphatic rings. The van der Waals surface area contributed by atoms with Crippen LogP contribution in [0, 0.1) is 0 Å². The van der Waals surface area contributed by atoms with E-state index in [0.29, 0.717) is 9.81 Å². The molecule has 0 atom stereocenters. The van der Waals surface area contributed by atoms with Crippen molar-refractivity contribution in [2.75, 3.05) is 13.3 Å². The highest BCUT2D eigenvalue weighted by molar-refractivity contribution is 9.10. The average molecular weight is 691 g/mol. The van der Waals surface area contributed by atoms with Crippen LogP contribution in [-0.2, 0) is 9.59 Å². The van der Waals surface area contributed by atoms with Gasteiger partial charge in [-0.3, -0.25) is 33.9 Å². The molecule has 0 unspecified atom stereocenters. The Morgan fingerprint density at radius 1 is 0.692 bits per heavy atom. The number of rotatable bonds is 7. The van der Waals surface area contributed by atoms with Crippen molar-refractivity contribution in [1.82, 2.24) is 14.7 Å². The number of amides is 4. The zero-order valence-electron chi connectivity index (χ0n) is 20.8. The number of benzene rings is 2. The molecule has 2 aromatic carbocycles. The van der Waals surface area contributed by atoms with E-state index in [0.717, 1.165) is 75.7 Å². The van der Waals surface area contributed by atoms with Crippen molar-refractivity contribution in [2.45, 2.75) is 38.1 Å². The van der Waals surface area contributed by atoms with Gasteiger partial charge in [0.2, 0.25) is 0 Å². The molecule has 1 saturated carbocycles. The van der Waals surface area contributed by atoms with Crippen LogP contribution in [0.25, 0.3) is 12.2 Å². The lowest BCUT2D eigenvalue weighted by Crippen LogP contribution is -2.51. The third-order valence-electron chi connectivity index (χ3n) is 6.82. The molecule has 3 fully saturated rings. The van der Waals surface area contributed by atoms with Crippen LogP contribution in [0.5, 0.6) is 0 Å². The summed E-state index contributed by atoms with van der Waals surface area (Å²) in [6.45, 7) is 0.0565. The number of carbonyl (C=O) groups is 4. The summed E-state index contributed by atoms with van der Waals surface area (Å²) in [6.07, 6.45) is 8.37. The first-order chi connectivity index (χ1) is 18.8. The van der Waals surface area contributed by atoms with Gasteiger partial charge >= 0.3 is 0 Å². The molecule has 7 nitrogen and oxygen atoms in total. The van der Waals surface area contributed by atoms with Crippen LogP contribution in [0.2, 0.25) is 0 Å². The number of thioether (sulfide) groups is 2. The van der Waals surface area contributed by atoms with Gasteiger partial charge in [0.15, 0.2) is 0 Å². The van der Waals surface area contributed by atoms with Crippen molar-refractivity contribution in [2.24, 2.45) is 0 Å². The van der Waals surface area contributed by atoms with Crippen LogP contribution in [0.1, 0.15) is 43.2 Å². The summed E-state index contributed by atoms with van der Waals surface area (Å²) in [5, 5.41) is -0.707. The summed E-state index contributed by atoms with van der Waals surface area (Å²) in [5.41, 5.74) is 1.64. The minimum atomic E-state index is -0.363. The molecular formula is C28H25Br2N3O4S2. The van der Waals surface area contributed by atoms with Gasteiger partial charge in [0.25, 0.3) is 22.3 Å². The normalized spacial score (nSPS) is 20.9. The molecule has 0 radical (unpaired) electrons. The maximum absolute atomic E-state index is 13.3. The van der Waals surface area contributed by atoms with Crippen molar-refractivity contribution in [3.63, 3.8) is 0 Å². The Morgan fingerprint density at radius 3 is 1.51 bits per heavy atom. The van der Waals surface area contributed by atoms with E-state index >= 15 is 0 Å². The first kappa shape index (κ1) is 28.4. The summed E-state index contributed by atoms with van der Waals surface area (Å²) < 4.78 is 1.85. The number of carbonyl (C=O) groups excluding carboxylic acids is 4. The smallest absolute Gasteiger partial charge is 0.268 e. The third-order valence-corrected chi connectivity index (χ3v) is 9.69. The summed E-state index contributed by atoms with van der Waals surface area (Å²) in [4.78, 5) is 57.5. The van der Waals surface area contributed by atoms with Crippen molar-refractivity contribution in [1.29, 1.82) is 0 Å². The molecule has 4 amide bonds. The van der Waals surface area contributed by atoms with Crippen LogP contribution in [0.15, 0.2) is 67.3 Å². The molecule has 0 spiro atoms. The van der Waals surface area contributed by atoms with Crippen LogP contribution in [-0.4, -0.2) is 56.4 Å². The van der Waals surface area contributed by atoms with E-state index in [2.05, 4.69) is 31.9 Å². The molecule has 0 aromatic heterocycles. The fourth-order valence-electron chi connectivity index (χ4n) is 4.75. The molecule has 39 heavy (non-hydrogen) atoms. The summed E-state index contributed by atoms with van der Waals surface area (Å²) in [5.74, 6) is -0.726. The predicted molar refractivity (Wildman–Crippen MR) is 162 cm³/mol. The fraction of sp³-hybridized carbons (Fsp3) is 0.286. The quantitative estimate of drug-likeness (QED) is 0.278. The Balaban J connectivity index is 1.34. The molecular weight excluding hydrogens is 666 g/mol. The van der Waals surface area contributed by atoms with E-state index < -0.39 is 0 Å². The summed E-state index contributed by atoms with van der Waals surface area (Å²) >= 11 is 8.63. The Kier molecular flexibility index (Phi) is 9.13. The van der Waals surface area contributed by atoms with E-state index in [1.165, 1.54) is 9.80 Å². The molecule has 2 aliphatic heterocycles. The van der Waals surface area contributed by atoms with Gasteiger partial charge in [0.1, 0.15) is 0 Å². The average Bonchev–Trinajstić information content (AvgIpc) is 3.35. The minimum Gasteiger partial charge on any atom is -0.268 e. The van der Waals surface area contributed by atoms with Gasteiger partial charge in [-0.05, 0) is 83.9 Å². The van der Waals surface area contributed by atoms with Crippen molar-refractivity contribution < 1.29 is 19.2 Å². The number of hydrogen-bond acceptors (Lipinski definition) is 7. The zero-order chi connectivity index (χ0) is 27.5. The highest BCUT2D eigenvalue weighted by Crippen LogP contribution is 2.36. The van der Waals surface area contributed by atoms with Gasteiger partial charge in [-0.25, -0.2) is 0 Å². The summed E-state index contributed by atoms with van der Waals surface area (Å²) in [7, 11) is 0. The predicted octanol–water partition coefficient (Wildman–Crippen LogP) is 7.53. The molecule has 2 heterocycles. The van der Waals surface area contributed by atoms with Crippen LogP contribution >= 0.6 is 55.4 Å². The second-order valence-electron chi connectivity index (χ2n) is 9.49. The van der Waals surface area contributed by atoms with Crippen LogP contribution < -0.4 is 0 Å². The van der Waals surface area contributed by atoms with E-state index in [1.807, 2.05) is 53.4 Å². The number of nitrogens with zero attached hydrogens (tertiary/aromatic N) is 3. The fourth-order valence-corrected chi connectivity index (χ4v) is 6.94. The Labute approximate surface area is 252 Å². The molecule has 11 heteroatoms. The Hall–Kier alpha value is -2.18. The second-order valence-corrected chi connectivity index (χ2v) is 13.3. The SMILES string of the molecule is O=C1S/C(=C\c2ccc(Br)cc2)C(=O)N1CN(CN1C(=O)S/C(=C\c2ccc(Br)cc2)C1=O)C1CCCCC1. The van der Waals surface area contributed by atoms with E-state index in [-0.39, 0.29) is 41.7 Å². The molecule has 0 N–H and O–H groups in total. The Morgan fingerprint density at radius 2 is 1.10 bits per heavy atom. The highest BCUT2D eigenvalue weighted by atomic mass is 79.9. The molecule has 0 bridgehead atoms. The number of hydrogen-bond donors (Lipinski definition) is 0. The van der Waals surface area contributed by atoms with Crippen molar-refractivity contribution in [3.05, 3.63) is 78.4 Å². The number of imide groups is 2. The van der Waals surface area contributed by atoms with Crippen LogP contribution in [0.4, 0.5) is 9.59 Å². The zero-order valence-corrected chi connectivity index (χ0v) is 25.7. The van der Waals surface area contributed by atoms with Gasteiger partial charge in [-0.15, -0.1) is 0 Å². The molecule has 2 saturated heterocycles. The standard InChI is InChI=1S/C28H25Br2N3O4S2/c29-20-10-6-18(7-11-20)14-23-25(34)32(27(36)38-23)16-31(22-4-2-1-3-5-22)17-33-26(35)24(39-28(33)37)15-19-8-12-21(30)13-9-19/h6-15,22H,1-5,16-17H2/b23-14-,24-15-. The molecule has 2 aromatic rings. The minimum absolute atomic E-state index is 0.0283. The van der Waals surface area contributed by atoms with E-state index in [1.54, 1.807) is 12.2 Å². The van der Waals surface area contributed by atoms with Gasteiger partial charge < -0.3 is 0 Å². The van der Waals surface area contributed by atoms with Gasteiger partial charge in [-0.2, -0.15) is 0 Å². The molecule has 202 valence electrons. The largest absolute Gasteiger partial charge is 0.294 e. The molecule has 1 aliphatic carbocycles. The maximum atomic E-state index is 13.3. The first-order valence-electron chi connectivity index (χ1n) is 12.5. The van der Waals surface area contributed by atoms with Crippen molar-refractivity contribution >= 4 is 89.8 Å². The summed E-state index contributed by atoms with van der Waals surface area (Å²) in [6, 6.07) is 15.0. The third kappa shape index (κ3) is 6.77. The van der Waals surface area contributed by atoms with Gasteiger partial charge in [0.05, 0.1) is 23.1 Å². The lowest BCUT2D eigenvalue weighted by molar-refractivity contribution is -0.127. The lowest BCUT2D eigenvalue weighted by atomic mass is 9.94. The van der Waals surface area contributed by atoms with Crippen LogP contribution in [0.3, 0.4) is 0 Å². The highest BCUT2D eigenvalue weighted by Gasteiger charge is 2.41. The number of halogens is 2. The van der Waals surface area contributed by atoms with E-state index in [9.17, 15) is 19.2 Å². The first-order valence-corrected chi connectivity index (χ1v) is 15.8. The van der Waals surface area contributed by atoms with Crippen molar-refractivity contribution in [3.8, 4) is 0 Å². The topological polar surface area (TPSA) is 78.0 Å². The lowest BCUT2D eigenvalue weighted by Gasteiger charge is -2.37. The van der Waals surface area contributed by atoms with Gasteiger partial charge in [-0.1, -0.05) is 75.4 Å².